The zero-order valence-corrected chi connectivity index (χ0v) is 18.0. The lowest BCUT2D eigenvalue weighted by atomic mass is 10.2. The van der Waals surface area contributed by atoms with Gasteiger partial charge in [0.2, 0.25) is 5.91 Å². The highest BCUT2D eigenvalue weighted by molar-refractivity contribution is 14.0. The zero-order chi connectivity index (χ0) is 18.7. The molecule has 0 aromatic heterocycles. The molecule has 0 spiro atoms. The highest BCUT2D eigenvalue weighted by Crippen LogP contribution is 2.23. The van der Waals surface area contributed by atoms with E-state index in [9.17, 15) is 13.6 Å². The number of nitrogens with one attached hydrogen (secondary N) is 1. The van der Waals surface area contributed by atoms with E-state index in [0.717, 1.165) is 30.9 Å². The number of guanidine groups is 1. The molecule has 1 heterocycles. The SMILES string of the molecule is CN(C)C(=O)CN=C(NC1CC1)N1CCN(c2cc(F)ccc2F)CC1.I. The molecule has 0 unspecified atom stereocenters. The molecule has 1 aromatic carbocycles. The molecule has 0 bridgehead atoms. The number of anilines is 1. The predicted molar refractivity (Wildman–Crippen MR) is 113 cm³/mol. The fraction of sp³-hybridized carbons (Fsp3) is 0.556. The lowest BCUT2D eigenvalue weighted by Crippen LogP contribution is -2.53. The Bertz CT molecular complexity index is 688. The maximum atomic E-state index is 14.0. The first kappa shape index (κ1) is 21.6. The second-order valence-electron chi connectivity index (χ2n) is 6.92. The van der Waals surface area contributed by atoms with E-state index in [-0.39, 0.29) is 36.4 Å². The van der Waals surface area contributed by atoms with E-state index >= 15 is 0 Å². The molecule has 1 amide bonds. The Hall–Kier alpha value is -1.65. The maximum Gasteiger partial charge on any atom is 0.243 e. The number of amides is 1. The summed E-state index contributed by atoms with van der Waals surface area (Å²) >= 11 is 0. The molecule has 1 saturated heterocycles. The Kier molecular flexibility index (Phi) is 7.63. The third-order valence-corrected chi connectivity index (χ3v) is 4.60. The molecule has 1 saturated carbocycles. The second-order valence-corrected chi connectivity index (χ2v) is 6.92. The zero-order valence-electron chi connectivity index (χ0n) is 15.6. The topological polar surface area (TPSA) is 51.2 Å². The average molecular weight is 493 g/mol. The first-order chi connectivity index (χ1) is 12.4. The molecule has 1 aliphatic heterocycles. The third kappa shape index (κ3) is 5.91. The fourth-order valence-corrected chi connectivity index (χ4v) is 2.82. The van der Waals surface area contributed by atoms with E-state index in [2.05, 4.69) is 15.2 Å². The summed E-state index contributed by atoms with van der Waals surface area (Å²) < 4.78 is 27.4. The summed E-state index contributed by atoms with van der Waals surface area (Å²) in [5, 5.41) is 3.38. The molecule has 6 nitrogen and oxygen atoms in total. The Morgan fingerprint density at radius 1 is 1.22 bits per heavy atom. The van der Waals surface area contributed by atoms with Gasteiger partial charge in [-0.15, -0.1) is 24.0 Å². The highest BCUT2D eigenvalue weighted by atomic mass is 127. The van der Waals surface area contributed by atoms with Gasteiger partial charge in [0.25, 0.3) is 0 Å². The maximum absolute atomic E-state index is 14.0. The van der Waals surface area contributed by atoms with Crippen molar-refractivity contribution in [2.24, 2.45) is 4.99 Å². The van der Waals surface area contributed by atoms with Crippen LogP contribution in [0.25, 0.3) is 0 Å². The van der Waals surface area contributed by atoms with Crippen LogP contribution in [-0.4, -0.2) is 74.5 Å². The summed E-state index contributed by atoms with van der Waals surface area (Å²) in [6, 6.07) is 3.94. The number of hydrogen-bond acceptors (Lipinski definition) is 3. The second kappa shape index (κ2) is 9.52. The van der Waals surface area contributed by atoms with Gasteiger partial charge in [-0.2, -0.15) is 0 Å². The molecule has 9 heteroatoms. The number of rotatable bonds is 4. The van der Waals surface area contributed by atoms with Crippen LogP contribution in [-0.2, 0) is 4.79 Å². The highest BCUT2D eigenvalue weighted by Gasteiger charge is 2.27. The smallest absolute Gasteiger partial charge is 0.243 e. The molecule has 1 N–H and O–H groups in total. The molecule has 0 radical (unpaired) electrons. The van der Waals surface area contributed by atoms with E-state index in [1.165, 1.54) is 11.0 Å². The van der Waals surface area contributed by atoms with Crippen LogP contribution >= 0.6 is 24.0 Å². The summed E-state index contributed by atoms with van der Waals surface area (Å²) in [5.74, 6) is -0.187. The Balaban J connectivity index is 0.00000261. The van der Waals surface area contributed by atoms with Crippen LogP contribution in [0.2, 0.25) is 0 Å². The van der Waals surface area contributed by atoms with Crippen molar-refractivity contribution < 1.29 is 13.6 Å². The van der Waals surface area contributed by atoms with E-state index in [1.54, 1.807) is 14.1 Å². The molecule has 1 aliphatic carbocycles. The van der Waals surface area contributed by atoms with Crippen LogP contribution in [0.15, 0.2) is 23.2 Å². The number of benzene rings is 1. The Morgan fingerprint density at radius 2 is 1.89 bits per heavy atom. The first-order valence-electron chi connectivity index (χ1n) is 8.90. The molecule has 1 aromatic rings. The van der Waals surface area contributed by atoms with Gasteiger partial charge in [0.15, 0.2) is 5.96 Å². The van der Waals surface area contributed by atoms with Crippen molar-refractivity contribution in [3.63, 3.8) is 0 Å². The van der Waals surface area contributed by atoms with Crippen molar-refractivity contribution in [3.05, 3.63) is 29.8 Å². The summed E-state index contributed by atoms with van der Waals surface area (Å²) in [7, 11) is 3.41. The number of halogens is 3. The first-order valence-corrected chi connectivity index (χ1v) is 8.90. The van der Waals surface area contributed by atoms with E-state index < -0.39 is 11.6 Å². The fourth-order valence-electron chi connectivity index (χ4n) is 2.82. The Labute approximate surface area is 175 Å². The lowest BCUT2D eigenvalue weighted by molar-refractivity contribution is -0.127. The summed E-state index contributed by atoms with van der Waals surface area (Å²) in [6.07, 6.45) is 2.21. The normalized spacial score (nSPS) is 17.4. The van der Waals surface area contributed by atoms with Gasteiger partial charge in [0, 0.05) is 52.4 Å². The summed E-state index contributed by atoms with van der Waals surface area (Å²) in [4.78, 5) is 21.7. The van der Waals surface area contributed by atoms with Gasteiger partial charge in [-0.05, 0) is 25.0 Å². The minimum absolute atomic E-state index is 0. The largest absolute Gasteiger partial charge is 0.366 e. The van der Waals surface area contributed by atoms with Gasteiger partial charge < -0.3 is 20.0 Å². The van der Waals surface area contributed by atoms with Crippen LogP contribution in [0.1, 0.15) is 12.8 Å². The van der Waals surface area contributed by atoms with Gasteiger partial charge in [-0.3, -0.25) is 4.79 Å². The molecule has 0 atom stereocenters. The monoisotopic (exact) mass is 493 g/mol. The molecule has 27 heavy (non-hydrogen) atoms. The van der Waals surface area contributed by atoms with Crippen LogP contribution in [0, 0.1) is 11.6 Å². The van der Waals surface area contributed by atoms with Crippen LogP contribution in [0.5, 0.6) is 0 Å². The molecule has 2 aliphatic rings. The predicted octanol–water partition coefficient (Wildman–Crippen LogP) is 1.90. The quantitative estimate of drug-likeness (QED) is 0.396. The van der Waals surface area contributed by atoms with Crippen LogP contribution < -0.4 is 10.2 Å². The minimum atomic E-state index is -0.441. The van der Waals surface area contributed by atoms with E-state index in [0.29, 0.717) is 37.9 Å². The van der Waals surface area contributed by atoms with Gasteiger partial charge in [0.1, 0.15) is 18.2 Å². The molecular weight excluding hydrogens is 467 g/mol. The van der Waals surface area contributed by atoms with Crippen molar-refractivity contribution in [1.29, 1.82) is 0 Å². The third-order valence-electron chi connectivity index (χ3n) is 4.60. The lowest BCUT2D eigenvalue weighted by Gasteiger charge is -2.38. The molecule has 2 fully saturated rings. The van der Waals surface area contributed by atoms with Crippen molar-refractivity contribution in [3.8, 4) is 0 Å². The standard InChI is InChI=1S/C18H25F2N5O.HI/c1-23(2)17(26)12-21-18(22-14-4-5-14)25-9-7-24(8-10-25)16-11-13(19)3-6-15(16)20;/h3,6,11,14H,4-5,7-10,12H2,1-2H3,(H,21,22);1H. The van der Waals surface area contributed by atoms with Gasteiger partial charge in [0.05, 0.1) is 5.69 Å². The summed E-state index contributed by atoms with van der Waals surface area (Å²) in [5.41, 5.74) is 0.293. The van der Waals surface area contributed by atoms with Crippen molar-refractivity contribution in [2.45, 2.75) is 18.9 Å². The summed E-state index contributed by atoms with van der Waals surface area (Å²) in [6.45, 7) is 2.48. The van der Waals surface area contributed by atoms with E-state index in [4.69, 9.17) is 0 Å². The number of likely N-dealkylation sites (N-methyl/N-ethyl adjacent to an activating group) is 1. The van der Waals surface area contributed by atoms with Crippen molar-refractivity contribution in [2.75, 3.05) is 51.7 Å². The van der Waals surface area contributed by atoms with Gasteiger partial charge in [-0.25, -0.2) is 13.8 Å². The number of carbonyl (C=O) groups is 1. The number of piperazine rings is 1. The van der Waals surface area contributed by atoms with Gasteiger partial charge >= 0.3 is 0 Å². The number of aliphatic imine (C=N–C) groups is 1. The minimum Gasteiger partial charge on any atom is -0.366 e. The molecule has 150 valence electrons. The molecular formula is C18H26F2IN5O. The van der Waals surface area contributed by atoms with Crippen LogP contribution in [0.4, 0.5) is 14.5 Å². The Morgan fingerprint density at radius 3 is 2.48 bits per heavy atom. The number of nitrogens with zero attached hydrogens (tertiary/aromatic N) is 4. The van der Waals surface area contributed by atoms with Gasteiger partial charge in [-0.1, -0.05) is 0 Å². The van der Waals surface area contributed by atoms with Crippen LogP contribution in [0.3, 0.4) is 0 Å². The van der Waals surface area contributed by atoms with Crippen molar-refractivity contribution >= 4 is 41.5 Å². The number of carbonyl (C=O) groups excluding carboxylic acids is 1. The average Bonchev–Trinajstić information content (AvgIpc) is 3.44. The van der Waals surface area contributed by atoms with E-state index in [1.807, 2.05) is 4.90 Å². The molecule has 3 rings (SSSR count). The number of hydrogen-bond donors (Lipinski definition) is 1. The van der Waals surface area contributed by atoms with Crippen molar-refractivity contribution in [1.82, 2.24) is 15.1 Å².